The number of nitriles is 1. The zero-order valence-electron chi connectivity index (χ0n) is 12.4. The van der Waals surface area contributed by atoms with Gasteiger partial charge in [-0.25, -0.2) is 13.2 Å². The van der Waals surface area contributed by atoms with Crippen LogP contribution in [0.25, 0.3) is 0 Å². The van der Waals surface area contributed by atoms with E-state index in [0.29, 0.717) is 11.1 Å². The quantitative estimate of drug-likeness (QED) is 0.861. The molecule has 0 aliphatic heterocycles. The fourth-order valence-electron chi connectivity index (χ4n) is 2.26. The molecule has 6 heteroatoms. The Balaban J connectivity index is 2.01. The van der Waals surface area contributed by atoms with Crippen LogP contribution >= 0.6 is 0 Å². The number of benzene rings is 2. The van der Waals surface area contributed by atoms with Crippen LogP contribution in [0.3, 0.4) is 0 Å². The lowest BCUT2D eigenvalue weighted by atomic mass is 10.1. The van der Waals surface area contributed by atoms with Crippen LogP contribution in [-0.4, -0.2) is 23.6 Å². The molecule has 0 heterocycles. The van der Waals surface area contributed by atoms with Crippen LogP contribution in [0.1, 0.15) is 22.8 Å². The van der Waals surface area contributed by atoms with Crippen molar-refractivity contribution in [2.75, 3.05) is 13.6 Å². The molecule has 23 heavy (non-hydrogen) atoms. The molecule has 2 aromatic carbocycles. The van der Waals surface area contributed by atoms with Crippen molar-refractivity contribution in [2.45, 2.75) is 12.6 Å². The zero-order chi connectivity index (χ0) is 17.0. The minimum atomic E-state index is -1.49. The largest absolute Gasteiger partial charge is 0.387 e. The van der Waals surface area contributed by atoms with Gasteiger partial charge in [0, 0.05) is 13.1 Å². The Morgan fingerprint density at radius 3 is 2.22 bits per heavy atom. The van der Waals surface area contributed by atoms with Crippen molar-refractivity contribution in [1.82, 2.24) is 4.90 Å². The van der Waals surface area contributed by atoms with Crippen molar-refractivity contribution in [3.05, 3.63) is 70.5 Å². The Labute approximate surface area is 132 Å². The molecule has 3 nitrogen and oxygen atoms in total. The van der Waals surface area contributed by atoms with E-state index in [0.717, 1.165) is 12.1 Å². The van der Waals surface area contributed by atoms with Crippen molar-refractivity contribution >= 4 is 0 Å². The van der Waals surface area contributed by atoms with Gasteiger partial charge in [0.25, 0.3) is 0 Å². The van der Waals surface area contributed by atoms with Gasteiger partial charge in [-0.1, -0.05) is 12.1 Å². The highest BCUT2D eigenvalue weighted by Crippen LogP contribution is 2.18. The molecule has 0 amide bonds. The lowest BCUT2D eigenvalue weighted by Gasteiger charge is -2.21. The van der Waals surface area contributed by atoms with Crippen molar-refractivity contribution in [3.8, 4) is 6.07 Å². The van der Waals surface area contributed by atoms with Crippen molar-refractivity contribution in [1.29, 1.82) is 5.26 Å². The predicted molar refractivity (Wildman–Crippen MR) is 78.8 cm³/mol. The predicted octanol–water partition coefficient (Wildman–Crippen LogP) is 3.14. The molecule has 2 aromatic rings. The molecule has 0 aromatic heterocycles. The molecule has 0 fully saturated rings. The summed E-state index contributed by atoms with van der Waals surface area (Å²) in [6.45, 7) is 0.369. The van der Waals surface area contributed by atoms with Crippen LogP contribution in [-0.2, 0) is 6.54 Å². The highest BCUT2D eigenvalue weighted by Gasteiger charge is 2.14. The van der Waals surface area contributed by atoms with E-state index in [1.165, 1.54) is 0 Å². The number of halogens is 3. The summed E-state index contributed by atoms with van der Waals surface area (Å²) in [5.41, 5.74) is 1.40. The van der Waals surface area contributed by atoms with Gasteiger partial charge in [0.05, 0.1) is 17.7 Å². The van der Waals surface area contributed by atoms with Gasteiger partial charge >= 0.3 is 0 Å². The average Bonchev–Trinajstić information content (AvgIpc) is 2.52. The monoisotopic (exact) mass is 320 g/mol. The fourth-order valence-corrected chi connectivity index (χ4v) is 2.26. The third kappa shape index (κ3) is 4.31. The van der Waals surface area contributed by atoms with E-state index in [1.54, 1.807) is 36.2 Å². The highest BCUT2D eigenvalue weighted by molar-refractivity contribution is 5.32. The SMILES string of the molecule is CN(Cc1cc(F)c(F)c(F)c1)CC(O)c1ccc(C#N)cc1. The highest BCUT2D eigenvalue weighted by atomic mass is 19.2. The second-order valence-electron chi connectivity index (χ2n) is 5.32. The van der Waals surface area contributed by atoms with Crippen LogP contribution < -0.4 is 0 Å². The maximum Gasteiger partial charge on any atom is 0.194 e. The summed E-state index contributed by atoms with van der Waals surface area (Å²) in [7, 11) is 1.67. The normalized spacial score (nSPS) is 12.2. The van der Waals surface area contributed by atoms with Crippen LogP contribution in [0.2, 0.25) is 0 Å². The number of hydrogen-bond acceptors (Lipinski definition) is 3. The number of aliphatic hydroxyl groups is 1. The van der Waals surface area contributed by atoms with E-state index in [-0.39, 0.29) is 18.7 Å². The lowest BCUT2D eigenvalue weighted by Crippen LogP contribution is -2.24. The third-order valence-corrected chi connectivity index (χ3v) is 3.41. The molecule has 0 spiro atoms. The van der Waals surface area contributed by atoms with Gasteiger partial charge in [0.2, 0.25) is 0 Å². The Morgan fingerprint density at radius 1 is 1.13 bits per heavy atom. The smallest absolute Gasteiger partial charge is 0.194 e. The molecular weight excluding hydrogens is 305 g/mol. The molecule has 0 aliphatic carbocycles. The van der Waals surface area contributed by atoms with Crippen molar-refractivity contribution in [2.24, 2.45) is 0 Å². The number of nitrogens with zero attached hydrogens (tertiary/aromatic N) is 2. The second kappa shape index (κ2) is 7.27. The maximum absolute atomic E-state index is 13.2. The molecule has 0 radical (unpaired) electrons. The molecule has 0 saturated carbocycles. The minimum Gasteiger partial charge on any atom is -0.387 e. The molecule has 0 aliphatic rings. The Bertz CT molecular complexity index is 703. The average molecular weight is 320 g/mol. The summed E-state index contributed by atoms with van der Waals surface area (Å²) in [6, 6.07) is 10.4. The molecule has 120 valence electrons. The third-order valence-electron chi connectivity index (χ3n) is 3.41. The number of aliphatic hydroxyl groups excluding tert-OH is 1. The van der Waals surface area contributed by atoms with E-state index < -0.39 is 23.6 Å². The van der Waals surface area contributed by atoms with Crippen molar-refractivity contribution in [3.63, 3.8) is 0 Å². The molecular formula is C17H15F3N2O. The summed E-state index contributed by atoms with van der Waals surface area (Å²) in [5.74, 6) is -3.96. The summed E-state index contributed by atoms with van der Waals surface area (Å²) in [6.07, 6.45) is -0.817. The van der Waals surface area contributed by atoms with Gasteiger partial charge < -0.3 is 5.11 Å². The second-order valence-corrected chi connectivity index (χ2v) is 5.32. The van der Waals surface area contributed by atoms with Gasteiger partial charge in [-0.15, -0.1) is 0 Å². The Hall–Kier alpha value is -2.36. The molecule has 1 atom stereocenters. The van der Waals surface area contributed by atoms with Crippen LogP contribution in [0.4, 0.5) is 13.2 Å². The van der Waals surface area contributed by atoms with Gasteiger partial charge in [-0.05, 0) is 42.4 Å². The zero-order valence-corrected chi connectivity index (χ0v) is 12.4. The molecule has 0 bridgehead atoms. The number of rotatable bonds is 5. The summed E-state index contributed by atoms with van der Waals surface area (Å²) >= 11 is 0. The molecule has 2 rings (SSSR count). The van der Waals surface area contributed by atoms with E-state index in [4.69, 9.17) is 5.26 Å². The number of likely N-dealkylation sites (N-methyl/N-ethyl adjacent to an activating group) is 1. The lowest BCUT2D eigenvalue weighted by molar-refractivity contribution is 0.123. The van der Waals surface area contributed by atoms with Crippen LogP contribution in [0, 0.1) is 28.8 Å². The van der Waals surface area contributed by atoms with Gasteiger partial charge in [0.1, 0.15) is 0 Å². The Kier molecular flexibility index (Phi) is 5.37. The molecule has 1 unspecified atom stereocenters. The van der Waals surface area contributed by atoms with Gasteiger partial charge in [-0.3, -0.25) is 4.90 Å². The van der Waals surface area contributed by atoms with Crippen LogP contribution in [0.15, 0.2) is 36.4 Å². The number of hydrogen-bond donors (Lipinski definition) is 1. The van der Waals surface area contributed by atoms with Gasteiger partial charge in [0.15, 0.2) is 17.5 Å². The molecule has 1 N–H and O–H groups in total. The first kappa shape index (κ1) is 17.0. The van der Waals surface area contributed by atoms with E-state index in [9.17, 15) is 18.3 Å². The topological polar surface area (TPSA) is 47.3 Å². The van der Waals surface area contributed by atoms with Gasteiger partial charge in [-0.2, -0.15) is 5.26 Å². The standard InChI is InChI=1S/C17H15F3N2O/c1-22(9-12-6-14(18)17(20)15(19)7-12)10-16(23)13-4-2-11(8-21)3-5-13/h2-7,16,23H,9-10H2,1H3. The first-order chi connectivity index (χ1) is 10.9. The summed E-state index contributed by atoms with van der Waals surface area (Å²) < 4.78 is 39.3. The summed E-state index contributed by atoms with van der Waals surface area (Å²) in [4.78, 5) is 1.66. The Morgan fingerprint density at radius 2 is 1.70 bits per heavy atom. The maximum atomic E-state index is 13.2. The first-order valence-electron chi connectivity index (χ1n) is 6.90. The summed E-state index contributed by atoms with van der Waals surface area (Å²) in [5, 5.41) is 18.9. The molecule has 0 saturated heterocycles. The van der Waals surface area contributed by atoms with E-state index in [1.807, 2.05) is 6.07 Å². The van der Waals surface area contributed by atoms with E-state index in [2.05, 4.69) is 0 Å². The minimum absolute atomic E-state index is 0.154. The van der Waals surface area contributed by atoms with Crippen LogP contribution in [0.5, 0.6) is 0 Å². The van der Waals surface area contributed by atoms with E-state index >= 15 is 0 Å². The fraction of sp³-hybridized carbons (Fsp3) is 0.235. The van der Waals surface area contributed by atoms with Crippen molar-refractivity contribution < 1.29 is 18.3 Å². The first-order valence-corrected chi connectivity index (χ1v) is 6.90.